The number of piperidine rings is 3. The minimum Gasteiger partial charge on any atom is -0.458 e. The van der Waals surface area contributed by atoms with Crippen molar-refractivity contribution in [2.24, 2.45) is 5.92 Å². The van der Waals surface area contributed by atoms with Crippen molar-refractivity contribution < 1.29 is 19.0 Å². The Kier molecular flexibility index (Phi) is 6.07. The first-order chi connectivity index (χ1) is 12.1. The predicted molar refractivity (Wildman–Crippen MR) is 93.8 cm³/mol. The molecule has 0 saturated carbocycles. The number of benzene rings is 1. The molecule has 4 nitrogen and oxygen atoms in total. The maximum Gasteiger partial charge on any atom is 0.343 e. The number of hydrogen-bond acceptors (Lipinski definition) is 4. The number of halogens is 1. The van der Waals surface area contributed by atoms with Crippen LogP contribution in [-0.2, 0) is 15.1 Å². The number of carbonyl (C=O) groups excluding carboxylic acids is 1. The zero-order valence-electron chi connectivity index (χ0n) is 14.7. The molecule has 0 radical (unpaired) electrons. The van der Waals surface area contributed by atoms with Gasteiger partial charge in [-0.15, -0.1) is 0 Å². The summed E-state index contributed by atoms with van der Waals surface area (Å²) < 4.78 is 18.1. The van der Waals surface area contributed by atoms with Gasteiger partial charge in [-0.05, 0) is 56.7 Å². The molecule has 0 aromatic heterocycles. The smallest absolute Gasteiger partial charge is 0.343 e. The van der Waals surface area contributed by atoms with Gasteiger partial charge < -0.3 is 9.84 Å². The van der Waals surface area contributed by atoms with E-state index >= 15 is 0 Å². The monoisotopic (exact) mass is 349 g/mol. The van der Waals surface area contributed by atoms with Crippen LogP contribution in [0.5, 0.6) is 0 Å². The first-order valence-electron chi connectivity index (χ1n) is 9.41. The third-order valence-electron chi connectivity index (χ3n) is 5.62. The predicted octanol–water partition coefficient (Wildman–Crippen LogP) is 3.04. The van der Waals surface area contributed by atoms with Gasteiger partial charge in [0.05, 0.1) is 6.67 Å². The van der Waals surface area contributed by atoms with E-state index in [1.54, 1.807) is 12.1 Å². The summed E-state index contributed by atoms with van der Waals surface area (Å²) in [6.45, 7) is 2.55. The summed E-state index contributed by atoms with van der Waals surface area (Å²) in [5, 5.41) is 11.2. The van der Waals surface area contributed by atoms with Gasteiger partial charge >= 0.3 is 5.97 Å². The van der Waals surface area contributed by atoms with E-state index in [1.165, 1.54) is 0 Å². The zero-order chi connectivity index (χ0) is 17.7. The number of carbonyl (C=O) groups is 1. The summed E-state index contributed by atoms with van der Waals surface area (Å²) in [5.41, 5.74) is -1.09. The molecule has 138 valence electrons. The maximum absolute atomic E-state index is 12.9. The number of fused-ring (bicyclic) bond motifs is 3. The Bertz CT molecular complexity index is 559. The highest BCUT2D eigenvalue weighted by Crippen LogP contribution is 2.34. The highest BCUT2D eigenvalue weighted by atomic mass is 19.1. The molecule has 3 fully saturated rings. The Hall–Kier alpha value is -1.46. The van der Waals surface area contributed by atoms with Crippen LogP contribution in [0.4, 0.5) is 4.39 Å². The Labute approximate surface area is 149 Å². The summed E-state index contributed by atoms with van der Waals surface area (Å²) in [6.07, 6.45) is 3.94. The lowest BCUT2D eigenvalue weighted by Crippen LogP contribution is -2.53. The van der Waals surface area contributed by atoms with Crippen molar-refractivity contribution >= 4 is 5.97 Å². The molecule has 1 aromatic carbocycles. The molecule has 3 heterocycles. The number of aliphatic hydroxyl groups is 1. The van der Waals surface area contributed by atoms with Crippen LogP contribution in [0.1, 0.15) is 44.1 Å². The Morgan fingerprint density at radius 1 is 1.20 bits per heavy atom. The highest BCUT2D eigenvalue weighted by molar-refractivity contribution is 5.81. The maximum atomic E-state index is 12.9. The zero-order valence-corrected chi connectivity index (χ0v) is 14.7. The highest BCUT2D eigenvalue weighted by Gasteiger charge is 2.43. The van der Waals surface area contributed by atoms with Crippen molar-refractivity contribution in [3.63, 3.8) is 0 Å². The van der Waals surface area contributed by atoms with Crippen molar-refractivity contribution in [3.05, 3.63) is 35.9 Å². The van der Waals surface area contributed by atoms with Crippen molar-refractivity contribution in [2.45, 2.75) is 50.2 Å². The molecule has 2 bridgehead atoms. The Balaban J connectivity index is 1.70. The molecule has 1 aromatic rings. The number of esters is 1. The van der Waals surface area contributed by atoms with Crippen molar-refractivity contribution in [1.82, 2.24) is 4.90 Å². The van der Waals surface area contributed by atoms with Gasteiger partial charge in [0.1, 0.15) is 6.10 Å². The summed E-state index contributed by atoms with van der Waals surface area (Å²) >= 11 is 0. The van der Waals surface area contributed by atoms with E-state index in [4.69, 9.17) is 4.74 Å². The van der Waals surface area contributed by atoms with Gasteiger partial charge in [-0.1, -0.05) is 36.8 Å². The van der Waals surface area contributed by atoms with E-state index in [0.717, 1.165) is 32.5 Å². The van der Waals surface area contributed by atoms with E-state index in [1.807, 2.05) is 18.2 Å². The molecule has 0 spiro atoms. The minimum absolute atomic E-state index is 0.129. The van der Waals surface area contributed by atoms with Crippen LogP contribution in [-0.4, -0.2) is 48.4 Å². The van der Waals surface area contributed by atoms with Crippen LogP contribution in [0.2, 0.25) is 0 Å². The second kappa shape index (κ2) is 8.28. The molecule has 3 aliphatic rings. The molecule has 4 rings (SSSR count). The molecule has 0 amide bonds. The van der Waals surface area contributed by atoms with Crippen LogP contribution in [0.15, 0.2) is 30.3 Å². The van der Waals surface area contributed by atoms with Crippen LogP contribution in [0, 0.1) is 5.92 Å². The summed E-state index contributed by atoms with van der Waals surface area (Å²) in [7, 11) is 0. The summed E-state index contributed by atoms with van der Waals surface area (Å²) in [6, 6.07) is 8.98. The lowest BCUT2D eigenvalue weighted by atomic mass is 9.85. The average molecular weight is 349 g/mol. The largest absolute Gasteiger partial charge is 0.458 e. The van der Waals surface area contributed by atoms with E-state index in [-0.39, 0.29) is 19.2 Å². The standard InChI is InChI=1S/C20H28FNO3/c21-12-6-2-5-11-20(24,17-7-3-1-4-8-17)19(23)25-18-15-22-13-9-16(18)10-14-22/h1,3-4,7-8,16,18,24H,2,5-6,9-15H2/t18-,20-/m0/s1. The van der Waals surface area contributed by atoms with Crippen molar-refractivity contribution in [1.29, 1.82) is 0 Å². The van der Waals surface area contributed by atoms with Crippen LogP contribution < -0.4 is 0 Å². The van der Waals surface area contributed by atoms with Gasteiger partial charge in [0.2, 0.25) is 0 Å². The van der Waals surface area contributed by atoms with E-state index in [2.05, 4.69) is 4.90 Å². The number of alkyl halides is 1. The molecular weight excluding hydrogens is 321 g/mol. The normalized spacial score (nSPS) is 27.7. The number of rotatable bonds is 8. The number of ether oxygens (including phenoxy) is 1. The van der Waals surface area contributed by atoms with E-state index in [9.17, 15) is 14.3 Å². The van der Waals surface area contributed by atoms with Crippen molar-refractivity contribution in [3.8, 4) is 0 Å². The number of hydrogen-bond donors (Lipinski definition) is 1. The molecule has 25 heavy (non-hydrogen) atoms. The number of unbranched alkanes of at least 4 members (excludes halogenated alkanes) is 2. The molecule has 1 N–H and O–H groups in total. The van der Waals surface area contributed by atoms with Crippen LogP contribution in [0.3, 0.4) is 0 Å². The fourth-order valence-corrected chi connectivity index (χ4v) is 4.01. The van der Waals surface area contributed by atoms with Crippen molar-refractivity contribution in [2.75, 3.05) is 26.3 Å². The van der Waals surface area contributed by atoms with Gasteiger partial charge in [0.15, 0.2) is 5.60 Å². The number of nitrogens with zero attached hydrogens (tertiary/aromatic N) is 1. The molecule has 0 aliphatic carbocycles. The molecule has 2 atom stereocenters. The lowest BCUT2D eigenvalue weighted by molar-refractivity contribution is -0.182. The van der Waals surface area contributed by atoms with Gasteiger partial charge in [-0.25, -0.2) is 4.79 Å². The first kappa shape index (κ1) is 18.3. The molecular formula is C20H28FNO3. The minimum atomic E-state index is -1.65. The topological polar surface area (TPSA) is 49.8 Å². The fraction of sp³-hybridized carbons (Fsp3) is 0.650. The fourth-order valence-electron chi connectivity index (χ4n) is 4.01. The molecule has 3 saturated heterocycles. The summed E-state index contributed by atoms with van der Waals surface area (Å²) in [5.74, 6) is -0.154. The van der Waals surface area contributed by atoms with Gasteiger partial charge in [-0.2, -0.15) is 0 Å². The SMILES string of the molecule is O=C(O[C@H]1CN2CCC1CC2)[C@](O)(CCCCCF)c1ccccc1. The first-order valence-corrected chi connectivity index (χ1v) is 9.41. The third-order valence-corrected chi connectivity index (χ3v) is 5.62. The van der Waals surface area contributed by atoms with Crippen LogP contribution in [0.25, 0.3) is 0 Å². The van der Waals surface area contributed by atoms with Crippen LogP contribution >= 0.6 is 0 Å². The summed E-state index contributed by atoms with van der Waals surface area (Å²) in [4.78, 5) is 15.2. The van der Waals surface area contributed by atoms with E-state index in [0.29, 0.717) is 30.7 Å². The Morgan fingerprint density at radius 2 is 1.92 bits per heavy atom. The third kappa shape index (κ3) is 4.21. The second-order valence-corrected chi connectivity index (χ2v) is 7.31. The quantitative estimate of drug-likeness (QED) is 0.579. The van der Waals surface area contributed by atoms with Gasteiger partial charge in [0, 0.05) is 6.54 Å². The van der Waals surface area contributed by atoms with Gasteiger partial charge in [-0.3, -0.25) is 9.29 Å². The molecule has 0 unspecified atom stereocenters. The lowest BCUT2D eigenvalue weighted by Gasteiger charge is -2.44. The van der Waals surface area contributed by atoms with Gasteiger partial charge in [0.25, 0.3) is 0 Å². The second-order valence-electron chi connectivity index (χ2n) is 7.31. The molecule has 5 heteroatoms. The van der Waals surface area contributed by atoms with E-state index < -0.39 is 11.6 Å². The average Bonchev–Trinajstić information content (AvgIpc) is 2.66. The Morgan fingerprint density at radius 3 is 2.52 bits per heavy atom. The molecule has 3 aliphatic heterocycles.